The molecule has 0 atom stereocenters. The average molecular weight is 337 g/mol. The molecule has 1 aliphatic rings. The number of methoxy groups -OCH3 is 1. The summed E-state index contributed by atoms with van der Waals surface area (Å²) in [6.45, 7) is 1.10. The fourth-order valence-electron chi connectivity index (χ4n) is 2.21. The molecular formula is C13H11N3O6S. The van der Waals surface area contributed by atoms with Gasteiger partial charge >= 0.3 is 0 Å². The largest absolute Gasteiger partial charge is 0.496 e. The molecular weight excluding hydrogens is 326 g/mol. The maximum atomic E-state index is 12.6. The Kier molecular flexibility index (Phi) is 4.07. The Hall–Kier alpha value is -2.93. The second-order valence-electron chi connectivity index (χ2n) is 4.68. The van der Waals surface area contributed by atoms with Crippen LogP contribution in [0.2, 0.25) is 0 Å². The maximum Gasteiger partial charge on any atom is 0.291 e. The number of nitro groups is 1. The van der Waals surface area contributed by atoms with Crippen molar-refractivity contribution in [3.05, 3.63) is 39.5 Å². The van der Waals surface area contributed by atoms with Gasteiger partial charge in [-0.3, -0.25) is 14.9 Å². The van der Waals surface area contributed by atoms with Crippen LogP contribution >= 0.6 is 0 Å². The van der Waals surface area contributed by atoms with Crippen molar-refractivity contribution in [1.29, 1.82) is 5.26 Å². The van der Waals surface area contributed by atoms with Crippen molar-refractivity contribution in [2.75, 3.05) is 13.7 Å². The summed E-state index contributed by atoms with van der Waals surface area (Å²) >= 11 is 0. The Morgan fingerprint density at radius 1 is 1.52 bits per heavy atom. The molecule has 0 radical (unpaired) electrons. The van der Waals surface area contributed by atoms with E-state index in [1.54, 1.807) is 6.07 Å². The summed E-state index contributed by atoms with van der Waals surface area (Å²) in [5.41, 5.74) is -0.746. The molecule has 0 spiro atoms. The predicted octanol–water partition coefficient (Wildman–Crippen LogP) is 1.22. The second kappa shape index (κ2) is 5.69. The standard InChI is InChI=1S/C13H11N3O6S/c1-8(5-6-14)7-15-13(17)11-10(22-2)4-3-9(16(18)19)12(11)23(15,20)21/h3-5H,7H2,1-2H3. The van der Waals surface area contributed by atoms with Gasteiger partial charge in [-0.25, -0.2) is 12.7 Å². The molecule has 120 valence electrons. The normalized spacial score (nSPS) is 16.0. The van der Waals surface area contributed by atoms with Crippen LogP contribution in [-0.2, 0) is 10.0 Å². The number of amides is 1. The summed E-state index contributed by atoms with van der Waals surface area (Å²) < 4.78 is 30.6. The van der Waals surface area contributed by atoms with Crippen LogP contribution in [0.4, 0.5) is 5.69 Å². The fourth-order valence-corrected chi connectivity index (χ4v) is 3.97. The van der Waals surface area contributed by atoms with Gasteiger partial charge in [0.15, 0.2) is 4.90 Å². The molecule has 0 unspecified atom stereocenters. The van der Waals surface area contributed by atoms with Crippen LogP contribution in [0.1, 0.15) is 17.3 Å². The quantitative estimate of drug-likeness (QED) is 0.458. The summed E-state index contributed by atoms with van der Waals surface area (Å²) in [5.74, 6) is -0.991. The molecule has 10 heteroatoms. The average Bonchev–Trinajstić information content (AvgIpc) is 2.68. The first kappa shape index (κ1) is 16.4. The number of nitrogens with zero attached hydrogens (tertiary/aromatic N) is 3. The third-order valence-electron chi connectivity index (χ3n) is 3.21. The third kappa shape index (κ3) is 2.51. The summed E-state index contributed by atoms with van der Waals surface area (Å²) in [6, 6.07) is 3.88. The zero-order chi connectivity index (χ0) is 17.4. The van der Waals surface area contributed by atoms with Gasteiger partial charge in [0.25, 0.3) is 21.6 Å². The van der Waals surface area contributed by atoms with Crippen LogP contribution < -0.4 is 4.74 Å². The van der Waals surface area contributed by atoms with Gasteiger partial charge in [-0.1, -0.05) is 0 Å². The molecule has 0 N–H and O–H groups in total. The van der Waals surface area contributed by atoms with E-state index in [1.807, 2.05) is 0 Å². The smallest absolute Gasteiger partial charge is 0.291 e. The Balaban J connectivity index is 2.72. The van der Waals surface area contributed by atoms with Crippen LogP contribution in [0.3, 0.4) is 0 Å². The molecule has 1 aliphatic heterocycles. The SMILES string of the molecule is COc1ccc([N+](=O)[O-])c2c1C(=O)N(CC(C)=CC#N)S2(=O)=O. The molecule has 23 heavy (non-hydrogen) atoms. The molecule has 0 saturated heterocycles. The first-order valence-corrected chi connectivity index (χ1v) is 7.67. The number of rotatable bonds is 4. The van der Waals surface area contributed by atoms with Crippen molar-refractivity contribution in [1.82, 2.24) is 4.31 Å². The number of allylic oxidation sites excluding steroid dienone is 1. The van der Waals surface area contributed by atoms with Crippen molar-refractivity contribution in [2.45, 2.75) is 11.8 Å². The lowest BCUT2D eigenvalue weighted by Crippen LogP contribution is -2.31. The van der Waals surface area contributed by atoms with Gasteiger partial charge < -0.3 is 4.74 Å². The van der Waals surface area contributed by atoms with Gasteiger partial charge in [-0.05, 0) is 18.6 Å². The lowest BCUT2D eigenvalue weighted by molar-refractivity contribution is -0.387. The van der Waals surface area contributed by atoms with Crippen LogP contribution in [0, 0.1) is 21.4 Å². The molecule has 9 nitrogen and oxygen atoms in total. The van der Waals surface area contributed by atoms with E-state index in [0.717, 1.165) is 12.1 Å². The van der Waals surface area contributed by atoms with Crippen molar-refractivity contribution in [3.63, 3.8) is 0 Å². The number of benzene rings is 1. The van der Waals surface area contributed by atoms with Crippen LogP contribution in [0.5, 0.6) is 5.75 Å². The van der Waals surface area contributed by atoms with Gasteiger partial charge in [0.05, 0.1) is 24.6 Å². The number of hydrogen-bond donors (Lipinski definition) is 0. The highest BCUT2D eigenvalue weighted by atomic mass is 32.2. The molecule has 1 aromatic carbocycles. The van der Waals surface area contributed by atoms with E-state index in [9.17, 15) is 23.3 Å². The molecule has 0 saturated carbocycles. The van der Waals surface area contributed by atoms with E-state index in [4.69, 9.17) is 10.00 Å². The zero-order valence-corrected chi connectivity index (χ0v) is 13.0. The van der Waals surface area contributed by atoms with E-state index in [1.165, 1.54) is 20.1 Å². The van der Waals surface area contributed by atoms with Crippen LogP contribution in [0.25, 0.3) is 0 Å². The summed E-state index contributed by atoms with van der Waals surface area (Å²) in [7, 11) is -3.18. The molecule has 1 heterocycles. The maximum absolute atomic E-state index is 12.6. The van der Waals surface area contributed by atoms with Gasteiger partial charge in [0, 0.05) is 12.1 Å². The zero-order valence-electron chi connectivity index (χ0n) is 12.1. The Morgan fingerprint density at radius 3 is 2.70 bits per heavy atom. The Bertz CT molecular complexity index is 882. The number of hydrogen-bond acceptors (Lipinski definition) is 7. The molecule has 0 aromatic heterocycles. The molecule has 0 bridgehead atoms. The van der Waals surface area contributed by atoms with E-state index in [-0.39, 0.29) is 17.9 Å². The van der Waals surface area contributed by atoms with E-state index >= 15 is 0 Å². The van der Waals surface area contributed by atoms with Crippen molar-refractivity contribution >= 4 is 21.6 Å². The molecule has 0 aliphatic carbocycles. The number of nitriles is 1. The monoisotopic (exact) mass is 337 g/mol. The number of carbonyl (C=O) groups is 1. The van der Waals surface area contributed by atoms with Crippen molar-refractivity contribution in [3.8, 4) is 11.8 Å². The third-order valence-corrected chi connectivity index (χ3v) is 5.01. The minimum Gasteiger partial charge on any atom is -0.496 e. The minimum absolute atomic E-state index is 0.0661. The van der Waals surface area contributed by atoms with Crippen LogP contribution in [0.15, 0.2) is 28.7 Å². The number of nitro benzene ring substituents is 1. The van der Waals surface area contributed by atoms with Gasteiger partial charge in [0.1, 0.15) is 11.3 Å². The fraction of sp³-hybridized carbons (Fsp3) is 0.231. The van der Waals surface area contributed by atoms with E-state index in [2.05, 4.69) is 0 Å². The van der Waals surface area contributed by atoms with Crippen molar-refractivity contribution < 1.29 is 22.9 Å². The Labute approximate surface area is 131 Å². The highest BCUT2D eigenvalue weighted by molar-refractivity contribution is 7.90. The van der Waals surface area contributed by atoms with E-state index < -0.39 is 31.4 Å². The highest BCUT2D eigenvalue weighted by Crippen LogP contribution is 2.42. The second-order valence-corrected chi connectivity index (χ2v) is 6.48. The first-order chi connectivity index (χ1) is 10.8. The van der Waals surface area contributed by atoms with E-state index in [0.29, 0.717) is 9.88 Å². The lowest BCUT2D eigenvalue weighted by atomic mass is 10.1. The summed E-state index contributed by atoms with van der Waals surface area (Å²) in [4.78, 5) is 22.0. The van der Waals surface area contributed by atoms with Crippen LogP contribution in [-0.4, -0.2) is 37.2 Å². The summed E-state index contributed by atoms with van der Waals surface area (Å²) in [6.07, 6.45) is 1.09. The molecule has 2 rings (SSSR count). The van der Waals surface area contributed by atoms with Gasteiger partial charge in [0.2, 0.25) is 0 Å². The lowest BCUT2D eigenvalue weighted by Gasteiger charge is -2.14. The molecule has 1 aromatic rings. The van der Waals surface area contributed by atoms with Gasteiger partial charge in [-0.2, -0.15) is 5.26 Å². The number of sulfonamides is 1. The highest BCUT2D eigenvalue weighted by Gasteiger charge is 2.48. The van der Waals surface area contributed by atoms with Crippen molar-refractivity contribution in [2.24, 2.45) is 0 Å². The number of fused-ring (bicyclic) bond motifs is 1. The summed E-state index contributed by atoms with van der Waals surface area (Å²) in [5, 5.41) is 19.7. The number of ether oxygens (including phenoxy) is 1. The predicted molar refractivity (Wildman–Crippen MR) is 77.2 cm³/mol. The molecule has 0 fully saturated rings. The topological polar surface area (TPSA) is 131 Å². The molecule has 1 amide bonds. The minimum atomic E-state index is -4.41. The first-order valence-electron chi connectivity index (χ1n) is 6.23. The Morgan fingerprint density at radius 2 is 2.17 bits per heavy atom. The number of carbonyl (C=O) groups excluding carboxylic acids is 1. The van der Waals surface area contributed by atoms with Gasteiger partial charge in [-0.15, -0.1) is 0 Å².